The summed E-state index contributed by atoms with van der Waals surface area (Å²) < 4.78 is 1.50. The molecular formula is C12H11N5O2. The second-order valence-electron chi connectivity index (χ2n) is 4.30. The minimum absolute atomic E-state index is 0.117. The van der Waals surface area contributed by atoms with Gasteiger partial charge in [0.1, 0.15) is 5.82 Å². The van der Waals surface area contributed by atoms with Crippen LogP contribution < -0.4 is 5.73 Å². The highest BCUT2D eigenvalue weighted by molar-refractivity contribution is 6.21. The van der Waals surface area contributed by atoms with Gasteiger partial charge in [-0.1, -0.05) is 0 Å². The molecule has 0 atom stereocenters. The van der Waals surface area contributed by atoms with E-state index in [2.05, 4.69) is 10.1 Å². The van der Waals surface area contributed by atoms with Gasteiger partial charge >= 0.3 is 0 Å². The normalized spacial score (nSPS) is 14.1. The van der Waals surface area contributed by atoms with Crippen molar-refractivity contribution in [2.45, 2.75) is 6.54 Å². The van der Waals surface area contributed by atoms with E-state index < -0.39 is 0 Å². The third-order valence-electron chi connectivity index (χ3n) is 3.17. The van der Waals surface area contributed by atoms with E-state index in [9.17, 15) is 9.59 Å². The lowest BCUT2D eigenvalue weighted by atomic mass is 10.2. The van der Waals surface area contributed by atoms with Crippen molar-refractivity contribution in [3.05, 3.63) is 41.3 Å². The first-order chi connectivity index (χ1) is 9.09. The van der Waals surface area contributed by atoms with Gasteiger partial charge in [-0.25, -0.2) is 0 Å². The van der Waals surface area contributed by atoms with Gasteiger partial charge in [-0.3, -0.25) is 24.2 Å². The van der Waals surface area contributed by atoms with Gasteiger partial charge in [-0.15, -0.1) is 0 Å². The second kappa shape index (κ2) is 3.91. The molecular weight excluding hydrogens is 246 g/mol. The Morgan fingerprint density at radius 1 is 1.21 bits per heavy atom. The van der Waals surface area contributed by atoms with Crippen molar-refractivity contribution in [3.8, 4) is 0 Å². The van der Waals surface area contributed by atoms with Crippen LogP contribution in [0.1, 0.15) is 26.3 Å². The van der Waals surface area contributed by atoms with Gasteiger partial charge in [-0.05, 0) is 6.07 Å². The number of aryl methyl sites for hydroxylation is 1. The summed E-state index contributed by atoms with van der Waals surface area (Å²) in [7, 11) is 1.70. The quantitative estimate of drug-likeness (QED) is 0.775. The SMILES string of the molecule is Cn1ncc(CN2C(=O)c3ccncc3C2=O)c1N. The van der Waals surface area contributed by atoms with Crippen LogP contribution in [0.15, 0.2) is 24.7 Å². The van der Waals surface area contributed by atoms with Crippen LogP contribution in [0.25, 0.3) is 0 Å². The fourth-order valence-electron chi connectivity index (χ4n) is 2.06. The zero-order valence-electron chi connectivity index (χ0n) is 10.2. The molecule has 96 valence electrons. The van der Waals surface area contributed by atoms with E-state index in [1.165, 1.54) is 17.1 Å². The van der Waals surface area contributed by atoms with Crippen molar-refractivity contribution in [3.63, 3.8) is 0 Å². The Morgan fingerprint density at radius 3 is 2.58 bits per heavy atom. The average Bonchev–Trinajstić information content (AvgIpc) is 2.86. The molecule has 3 rings (SSSR count). The number of carbonyl (C=O) groups excluding carboxylic acids is 2. The number of rotatable bonds is 2. The first-order valence-corrected chi connectivity index (χ1v) is 5.66. The summed E-state index contributed by atoms with van der Waals surface area (Å²) in [6.07, 6.45) is 4.45. The van der Waals surface area contributed by atoms with E-state index in [0.717, 1.165) is 4.90 Å². The molecule has 0 radical (unpaired) electrons. The molecule has 2 aromatic rings. The first-order valence-electron chi connectivity index (χ1n) is 5.66. The van der Waals surface area contributed by atoms with Crippen LogP contribution >= 0.6 is 0 Å². The van der Waals surface area contributed by atoms with Crippen molar-refractivity contribution < 1.29 is 9.59 Å². The molecule has 0 unspecified atom stereocenters. The maximum atomic E-state index is 12.1. The molecule has 7 nitrogen and oxygen atoms in total. The van der Waals surface area contributed by atoms with Crippen LogP contribution in [0.5, 0.6) is 0 Å². The Kier molecular flexibility index (Phi) is 2.34. The largest absolute Gasteiger partial charge is 0.384 e. The number of anilines is 1. The maximum absolute atomic E-state index is 12.1. The standard InChI is InChI=1S/C12H11N5O2/c1-16-10(13)7(4-15-16)6-17-11(18)8-2-3-14-5-9(8)12(17)19/h2-5H,6,13H2,1H3. The van der Waals surface area contributed by atoms with Gasteiger partial charge in [0.2, 0.25) is 0 Å². The van der Waals surface area contributed by atoms with Crippen LogP contribution in [0.3, 0.4) is 0 Å². The number of hydrogen-bond donors (Lipinski definition) is 1. The Balaban J connectivity index is 1.95. The number of amides is 2. The van der Waals surface area contributed by atoms with Crippen LogP contribution in [0.2, 0.25) is 0 Å². The monoisotopic (exact) mass is 257 g/mol. The molecule has 0 fully saturated rings. The van der Waals surface area contributed by atoms with Gasteiger partial charge in [0.05, 0.1) is 23.9 Å². The zero-order chi connectivity index (χ0) is 13.6. The summed E-state index contributed by atoms with van der Waals surface area (Å²) in [4.78, 5) is 29.3. The molecule has 2 aromatic heterocycles. The minimum Gasteiger partial charge on any atom is -0.384 e. The zero-order valence-corrected chi connectivity index (χ0v) is 10.2. The molecule has 7 heteroatoms. The Labute approximate surface area is 108 Å². The van der Waals surface area contributed by atoms with Gasteiger partial charge in [-0.2, -0.15) is 5.10 Å². The molecule has 0 aromatic carbocycles. The first kappa shape index (κ1) is 11.4. The lowest BCUT2D eigenvalue weighted by Crippen LogP contribution is -2.29. The molecule has 1 aliphatic rings. The van der Waals surface area contributed by atoms with E-state index in [1.54, 1.807) is 19.3 Å². The van der Waals surface area contributed by atoms with E-state index in [1.807, 2.05) is 0 Å². The summed E-state index contributed by atoms with van der Waals surface area (Å²) in [5.41, 5.74) is 7.16. The fourth-order valence-corrected chi connectivity index (χ4v) is 2.06. The summed E-state index contributed by atoms with van der Waals surface area (Å²) in [5.74, 6) is -0.239. The average molecular weight is 257 g/mol. The fraction of sp³-hybridized carbons (Fsp3) is 0.167. The van der Waals surface area contributed by atoms with Gasteiger partial charge in [0, 0.05) is 25.0 Å². The molecule has 0 aliphatic carbocycles. The number of fused-ring (bicyclic) bond motifs is 1. The number of hydrogen-bond acceptors (Lipinski definition) is 5. The van der Waals surface area contributed by atoms with Crippen LogP contribution in [0, 0.1) is 0 Å². The summed E-state index contributed by atoms with van der Waals surface area (Å²) >= 11 is 0. The summed E-state index contributed by atoms with van der Waals surface area (Å²) in [5, 5.41) is 3.99. The molecule has 19 heavy (non-hydrogen) atoms. The van der Waals surface area contributed by atoms with Crippen LogP contribution in [-0.2, 0) is 13.6 Å². The van der Waals surface area contributed by atoms with Gasteiger partial charge in [0.25, 0.3) is 11.8 Å². The van der Waals surface area contributed by atoms with E-state index in [4.69, 9.17) is 5.73 Å². The molecule has 2 N–H and O–H groups in total. The number of aromatic nitrogens is 3. The Bertz CT molecular complexity index is 656. The molecule has 3 heterocycles. The van der Waals surface area contributed by atoms with Gasteiger partial charge in [0.15, 0.2) is 0 Å². The van der Waals surface area contributed by atoms with Crippen molar-refractivity contribution in [1.29, 1.82) is 0 Å². The molecule has 1 aliphatic heterocycles. The molecule has 0 spiro atoms. The van der Waals surface area contributed by atoms with Crippen LogP contribution in [-0.4, -0.2) is 31.5 Å². The molecule has 0 saturated heterocycles. The van der Waals surface area contributed by atoms with Gasteiger partial charge < -0.3 is 5.73 Å². The van der Waals surface area contributed by atoms with E-state index >= 15 is 0 Å². The number of imide groups is 1. The highest BCUT2D eigenvalue weighted by Gasteiger charge is 2.36. The van der Waals surface area contributed by atoms with E-state index in [-0.39, 0.29) is 18.4 Å². The number of nitrogens with zero attached hydrogens (tertiary/aromatic N) is 4. The van der Waals surface area contributed by atoms with Crippen molar-refractivity contribution in [1.82, 2.24) is 19.7 Å². The predicted molar refractivity (Wildman–Crippen MR) is 66.1 cm³/mol. The van der Waals surface area contributed by atoms with E-state index in [0.29, 0.717) is 22.5 Å². The van der Waals surface area contributed by atoms with Crippen LogP contribution in [0.4, 0.5) is 5.82 Å². The topological polar surface area (TPSA) is 94.1 Å². The van der Waals surface area contributed by atoms with Crippen molar-refractivity contribution in [2.75, 3.05) is 5.73 Å². The third kappa shape index (κ3) is 1.59. The van der Waals surface area contributed by atoms with Crippen molar-refractivity contribution in [2.24, 2.45) is 7.05 Å². The second-order valence-corrected chi connectivity index (χ2v) is 4.30. The lowest BCUT2D eigenvalue weighted by molar-refractivity contribution is 0.0642. The Hall–Kier alpha value is -2.70. The smallest absolute Gasteiger partial charge is 0.263 e. The Morgan fingerprint density at radius 2 is 1.95 bits per heavy atom. The minimum atomic E-state index is -0.351. The summed E-state index contributed by atoms with van der Waals surface area (Å²) in [6.45, 7) is 0.117. The highest BCUT2D eigenvalue weighted by Crippen LogP contribution is 2.24. The molecule has 0 bridgehead atoms. The third-order valence-corrected chi connectivity index (χ3v) is 3.17. The number of pyridine rings is 1. The number of carbonyl (C=O) groups is 2. The lowest BCUT2D eigenvalue weighted by Gasteiger charge is -2.12. The number of nitrogen functional groups attached to an aromatic ring is 1. The highest BCUT2D eigenvalue weighted by atomic mass is 16.2. The number of nitrogens with two attached hydrogens (primary N) is 1. The maximum Gasteiger partial charge on any atom is 0.263 e. The summed E-state index contributed by atoms with van der Waals surface area (Å²) in [6, 6.07) is 1.54. The van der Waals surface area contributed by atoms with Crippen molar-refractivity contribution >= 4 is 17.6 Å². The predicted octanol–water partition coefficient (Wildman–Crippen LogP) is 0.194. The molecule has 2 amide bonds. The molecule has 0 saturated carbocycles.